The van der Waals surface area contributed by atoms with Crippen LogP contribution in [0, 0.1) is 11.8 Å². The Kier molecular flexibility index (Phi) is 4.70. The van der Waals surface area contributed by atoms with Crippen LogP contribution in [0.2, 0.25) is 0 Å². The van der Waals surface area contributed by atoms with Gasteiger partial charge in [0.15, 0.2) is 0 Å². The van der Waals surface area contributed by atoms with E-state index in [9.17, 15) is 0 Å². The van der Waals surface area contributed by atoms with Crippen molar-refractivity contribution in [1.82, 2.24) is 4.90 Å². The molecule has 0 amide bonds. The molecule has 2 nitrogen and oxygen atoms in total. The second kappa shape index (κ2) is 5.94. The van der Waals surface area contributed by atoms with E-state index in [1.165, 1.54) is 18.4 Å². The summed E-state index contributed by atoms with van der Waals surface area (Å²) in [7, 11) is 2.21. The number of halogens is 1. The molecular formula is C16H25BrN2. The number of nitrogens with zero attached hydrogens (tertiary/aromatic N) is 1. The minimum absolute atomic E-state index is 0.224. The van der Waals surface area contributed by atoms with Gasteiger partial charge in [0, 0.05) is 23.1 Å². The highest BCUT2D eigenvalue weighted by Gasteiger charge is 2.46. The molecule has 2 rings (SSSR count). The smallest absolute Gasteiger partial charge is 0.0337 e. The first-order valence-corrected chi connectivity index (χ1v) is 7.92. The molecule has 1 fully saturated rings. The molecule has 0 aliphatic heterocycles. The third-order valence-electron chi connectivity index (χ3n) is 4.75. The van der Waals surface area contributed by atoms with Crippen molar-refractivity contribution in [2.75, 3.05) is 13.6 Å². The molecule has 0 bridgehead atoms. The molecule has 0 spiro atoms. The zero-order valence-electron chi connectivity index (χ0n) is 12.2. The van der Waals surface area contributed by atoms with Crippen LogP contribution in [0.3, 0.4) is 0 Å². The van der Waals surface area contributed by atoms with E-state index < -0.39 is 0 Å². The maximum absolute atomic E-state index is 6.06. The molecule has 1 aliphatic rings. The fraction of sp³-hybridized carbons (Fsp3) is 0.625. The fourth-order valence-corrected chi connectivity index (χ4v) is 3.32. The molecule has 19 heavy (non-hydrogen) atoms. The van der Waals surface area contributed by atoms with Gasteiger partial charge < -0.3 is 5.73 Å². The summed E-state index contributed by atoms with van der Waals surface area (Å²) < 4.78 is 1.14. The molecule has 106 valence electrons. The molecule has 0 aromatic heterocycles. The summed E-state index contributed by atoms with van der Waals surface area (Å²) >= 11 is 3.48. The van der Waals surface area contributed by atoms with Gasteiger partial charge in [-0.05, 0) is 49.4 Å². The van der Waals surface area contributed by atoms with Crippen molar-refractivity contribution in [2.45, 2.75) is 38.8 Å². The van der Waals surface area contributed by atoms with Gasteiger partial charge in [-0.25, -0.2) is 0 Å². The molecular weight excluding hydrogens is 300 g/mol. The first-order chi connectivity index (χ1) is 8.97. The van der Waals surface area contributed by atoms with Crippen LogP contribution in [-0.2, 0) is 6.54 Å². The Morgan fingerprint density at radius 1 is 1.32 bits per heavy atom. The van der Waals surface area contributed by atoms with Gasteiger partial charge in [-0.1, -0.05) is 41.9 Å². The largest absolute Gasteiger partial charge is 0.329 e. The van der Waals surface area contributed by atoms with E-state index in [0.717, 1.165) is 29.4 Å². The van der Waals surface area contributed by atoms with E-state index in [2.05, 4.69) is 66.0 Å². The Labute approximate surface area is 125 Å². The Morgan fingerprint density at radius 3 is 2.37 bits per heavy atom. The monoisotopic (exact) mass is 324 g/mol. The molecule has 1 saturated carbocycles. The van der Waals surface area contributed by atoms with E-state index in [1.807, 2.05) is 0 Å². The number of rotatable bonds is 5. The van der Waals surface area contributed by atoms with Gasteiger partial charge in [-0.15, -0.1) is 0 Å². The Balaban J connectivity index is 1.98. The molecule has 0 saturated heterocycles. The molecule has 0 radical (unpaired) electrons. The topological polar surface area (TPSA) is 29.3 Å². The van der Waals surface area contributed by atoms with Crippen LogP contribution in [0.4, 0.5) is 0 Å². The molecule has 1 aliphatic carbocycles. The number of hydrogen-bond donors (Lipinski definition) is 1. The average Bonchev–Trinajstić information content (AvgIpc) is 2.31. The van der Waals surface area contributed by atoms with Gasteiger partial charge in [-0.3, -0.25) is 4.90 Å². The summed E-state index contributed by atoms with van der Waals surface area (Å²) in [6.07, 6.45) is 2.49. The van der Waals surface area contributed by atoms with Gasteiger partial charge in [0.1, 0.15) is 0 Å². The summed E-state index contributed by atoms with van der Waals surface area (Å²) in [5.74, 6) is 1.62. The van der Waals surface area contributed by atoms with E-state index >= 15 is 0 Å². The van der Waals surface area contributed by atoms with Crippen molar-refractivity contribution in [3.63, 3.8) is 0 Å². The first kappa shape index (κ1) is 15.0. The van der Waals surface area contributed by atoms with Crippen molar-refractivity contribution in [3.05, 3.63) is 34.3 Å². The van der Waals surface area contributed by atoms with Crippen molar-refractivity contribution in [1.29, 1.82) is 0 Å². The molecule has 1 aromatic rings. The van der Waals surface area contributed by atoms with Crippen LogP contribution in [0.25, 0.3) is 0 Å². The molecule has 3 heteroatoms. The number of benzene rings is 1. The molecule has 2 N–H and O–H groups in total. The summed E-state index contributed by atoms with van der Waals surface area (Å²) in [4.78, 5) is 2.45. The van der Waals surface area contributed by atoms with Crippen LogP contribution >= 0.6 is 15.9 Å². The summed E-state index contributed by atoms with van der Waals surface area (Å²) in [5, 5.41) is 0. The lowest BCUT2D eigenvalue weighted by atomic mass is 9.63. The second-order valence-electron chi connectivity index (χ2n) is 6.32. The lowest BCUT2D eigenvalue weighted by molar-refractivity contribution is -0.0244. The van der Waals surface area contributed by atoms with Crippen LogP contribution < -0.4 is 5.73 Å². The SMILES string of the molecule is CC(C)C1CC(CN)(N(C)Cc2ccc(Br)cc2)C1. The zero-order valence-corrected chi connectivity index (χ0v) is 13.8. The Bertz CT molecular complexity index is 407. The van der Waals surface area contributed by atoms with E-state index in [-0.39, 0.29) is 5.54 Å². The molecule has 1 aromatic carbocycles. The maximum Gasteiger partial charge on any atom is 0.0337 e. The maximum atomic E-state index is 6.06. The Hall–Kier alpha value is -0.380. The lowest BCUT2D eigenvalue weighted by Crippen LogP contribution is -2.60. The van der Waals surface area contributed by atoms with Crippen molar-refractivity contribution in [2.24, 2.45) is 17.6 Å². The minimum Gasteiger partial charge on any atom is -0.329 e. The van der Waals surface area contributed by atoms with Crippen molar-refractivity contribution >= 4 is 15.9 Å². The van der Waals surface area contributed by atoms with Gasteiger partial charge >= 0.3 is 0 Å². The van der Waals surface area contributed by atoms with E-state index in [4.69, 9.17) is 5.73 Å². The van der Waals surface area contributed by atoms with Crippen LogP contribution in [0.5, 0.6) is 0 Å². The van der Waals surface area contributed by atoms with Gasteiger partial charge in [0.25, 0.3) is 0 Å². The molecule has 0 unspecified atom stereocenters. The van der Waals surface area contributed by atoms with Crippen LogP contribution in [0.15, 0.2) is 28.7 Å². The summed E-state index contributed by atoms with van der Waals surface area (Å²) in [5.41, 5.74) is 7.64. The third-order valence-corrected chi connectivity index (χ3v) is 5.28. The summed E-state index contributed by atoms with van der Waals surface area (Å²) in [6, 6.07) is 8.58. The van der Waals surface area contributed by atoms with Crippen LogP contribution in [0.1, 0.15) is 32.3 Å². The highest BCUT2D eigenvalue weighted by Crippen LogP contribution is 2.45. The number of likely N-dealkylation sites (N-methyl/N-ethyl adjacent to an activating group) is 1. The molecule has 0 heterocycles. The fourth-order valence-electron chi connectivity index (χ4n) is 3.05. The lowest BCUT2D eigenvalue weighted by Gasteiger charge is -2.54. The predicted octanol–water partition coefficient (Wildman–Crippen LogP) is 3.64. The van der Waals surface area contributed by atoms with Gasteiger partial charge in [0.2, 0.25) is 0 Å². The average molecular weight is 325 g/mol. The number of nitrogens with two attached hydrogens (primary N) is 1. The number of hydrogen-bond acceptors (Lipinski definition) is 2. The molecule has 0 atom stereocenters. The van der Waals surface area contributed by atoms with E-state index in [0.29, 0.717) is 0 Å². The van der Waals surface area contributed by atoms with Gasteiger partial charge in [0.05, 0.1) is 0 Å². The summed E-state index contributed by atoms with van der Waals surface area (Å²) in [6.45, 7) is 6.39. The second-order valence-corrected chi connectivity index (χ2v) is 7.24. The minimum atomic E-state index is 0.224. The Morgan fingerprint density at radius 2 is 1.89 bits per heavy atom. The highest BCUT2D eigenvalue weighted by atomic mass is 79.9. The van der Waals surface area contributed by atoms with Gasteiger partial charge in [-0.2, -0.15) is 0 Å². The normalized spacial score (nSPS) is 26.8. The highest BCUT2D eigenvalue weighted by molar-refractivity contribution is 9.10. The standard InChI is InChI=1S/C16H25BrN2/c1-12(2)14-8-16(9-14,11-18)19(3)10-13-4-6-15(17)7-5-13/h4-7,12,14H,8-11,18H2,1-3H3. The van der Waals surface area contributed by atoms with Crippen molar-refractivity contribution < 1.29 is 0 Å². The quantitative estimate of drug-likeness (QED) is 0.895. The van der Waals surface area contributed by atoms with E-state index in [1.54, 1.807) is 0 Å². The predicted molar refractivity (Wildman–Crippen MR) is 85.0 cm³/mol. The van der Waals surface area contributed by atoms with Crippen molar-refractivity contribution in [3.8, 4) is 0 Å². The third kappa shape index (κ3) is 3.21. The zero-order chi connectivity index (χ0) is 14.0. The first-order valence-electron chi connectivity index (χ1n) is 7.12. The van der Waals surface area contributed by atoms with Crippen LogP contribution in [-0.4, -0.2) is 24.0 Å².